The third kappa shape index (κ3) is 2.54. The molecule has 0 bridgehead atoms. The number of hydrogen-bond donors (Lipinski definition) is 1. The van der Waals surface area contributed by atoms with Crippen molar-refractivity contribution in [2.24, 2.45) is 0 Å². The summed E-state index contributed by atoms with van der Waals surface area (Å²) in [6.07, 6.45) is 1.06. The van der Waals surface area contributed by atoms with Crippen molar-refractivity contribution in [2.75, 3.05) is 11.9 Å². The molecule has 0 amide bonds. The van der Waals surface area contributed by atoms with E-state index in [0.717, 1.165) is 13.0 Å². The highest BCUT2D eigenvalue weighted by molar-refractivity contribution is 5.56. The van der Waals surface area contributed by atoms with Crippen LogP contribution in [-0.2, 0) is 17.8 Å². The van der Waals surface area contributed by atoms with E-state index in [1.54, 1.807) is 0 Å². The van der Waals surface area contributed by atoms with Crippen molar-refractivity contribution in [1.82, 2.24) is 0 Å². The molecule has 2 nitrogen and oxygen atoms in total. The summed E-state index contributed by atoms with van der Waals surface area (Å²) >= 11 is 0. The largest absolute Gasteiger partial charge is 0.379 e. The van der Waals surface area contributed by atoms with Gasteiger partial charge >= 0.3 is 0 Å². The van der Waals surface area contributed by atoms with Crippen molar-refractivity contribution in [3.63, 3.8) is 0 Å². The van der Waals surface area contributed by atoms with Gasteiger partial charge in [-0.25, -0.2) is 0 Å². The van der Waals surface area contributed by atoms with Gasteiger partial charge in [-0.05, 0) is 23.6 Å². The molecular formula is C16H17NO. The minimum absolute atomic E-state index is 0.408. The Morgan fingerprint density at radius 3 is 2.61 bits per heavy atom. The zero-order valence-electron chi connectivity index (χ0n) is 10.3. The maximum absolute atomic E-state index is 5.77. The van der Waals surface area contributed by atoms with E-state index < -0.39 is 0 Å². The van der Waals surface area contributed by atoms with Gasteiger partial charge in [0, 0.05) is 5.69 Å². The Labute approximate surface area is 108 Å². The van der Waals surface area contributed by atoms with E-state index in [1.165, 1.54) is 16.8 Å². The van der Waals surface area contributed by atoms with Crippen LogP contribution < -0.4 is 5.32 Å². The maximum Gasteiger partial charge on any atom is 0.0717 e. The summed E-state index contributed by atoms with van der Waals surface area (Å²) in [5.74, 6) is 0. The van der Waals surface area contributed by atoms with E-state index in [9.17, 15) is 0 Å². The van der Waals surface area contributed by atoms with E-state index in [4.69, 9.17) is 4.74 Å². The van der Waals surface area contributed by atoms with Crippen LogP contribution in [0.15, 0.2) is 54.6 Å². The number of hydrogen-bond acceptors (Lipinski definition) is 2. The molecule has 0 aromatic heterocycles. The normalized spacial score (nSPS) is 17.2. The molecule has 18 heavy (non-hydrogen) atoms. The van der Waals surface area contributed by atoms with Crippen molar-refractivity contribution in [2.45, 2.75) is 19.1 Å². The predicted octanol–water partition coefficient (Wildman–Crippen LogP) is 3.24. The van der Waals surface area contributed by atoms with Crippen LogP contribution in [0.3, 0.4) is 0 Å². The molecule has 2 heteroatoms. The Morgan fingerprint density at radius 2 is 1.78 bits per heavy atom. The van der Waals surface area contributed by atoms with Crippen LogP contribution in [0, 0.1) is 0 Å². The third-order valence-electron chi connectivity index (χ3n) is 3.27. The van der Waals surface area contributed by atoms with Crippen molar-refractivity contribution >= 4 is 5.69 Å². The summed E-state index contributed by atoms with van der Waals surface area (Å²) in [6, 6.07) is 19.2. The molecule has 2 aromatic rings. The number of benzene rings is 2. The van der Waals surface area contributed by atoms with Crippen molar-refractivity contribution in [1.29, 1.82) is 0 Å². The topological polar surface area (TPSA) is 21.3 Å². The van der Waals surface area contributed by atoms with E-state index in [0.29, 0.717) is 12.6 Å². The number of para-hydroxylation sites is 1. The fourth-order valence-electron chi connectivity index (χ4n) is 2.37. The molecule has 0 fully saturated rings. The lowest BCUT2D eigenvalue weighted by atomic mass is 10.1. The minimum atomic E-state index is 0.408. The first kappa shape index (κ1) is 11.3. The Balaban J connectivity index is 1.49. The molecule has 0 radical (unpaired) electrons. The molecule has 1 aliphatic rings. The molecule has 1 atom stereocenters. The molecule has 1 unspecified atom stereocenters. The standard InChI is InChI=1S/C16H17NO/c1-2-6-13(7-3-1)11-18-12-15-10-14-8-4-5-9-16(14)17-15/h1-9,15,17H,10-12H2. The van der Waals surface area contributed by atoms with Crippen LogP contribution >= 0.6 is 0 Å². The molecule has 3 rings (SSSR count). The first-order chi connectivity index (χ1) is 8.92. The lowest BCUT2D eigenvalue weighted by Gasteiger charge is -2.11. The minimum Gasteiger partial charge on any atom is -0.379 e. The number of fused-ring (bicyclic) bond motifs is 1. The first-order valence-electron chi connectivity index (χ1n) is 6.38. The fourth-order valence-corrected chi connectivity index (χ4v) is 2.37. The lowest BCUT2D eigenvalue weighted by Crippen LogP contribution is -2.22. The van der Waals surface area contributed by atoms with E-state index >= 15 is 0 Å². The second-order valence-corrected chi connectivity index (χ2v) is 4.70. The zero-order chi connectivity index (χ0) is 12.2. The Morgan fingerprint density at radius 1 is 1.00 bits per heavy atom. The quantitative estimate of drug-likeness (QED) is 0.884. The summed E-state index contributed by atoms with van der Waals surface area (Å²) in [4.78, 5) is 0. The van der Waals surface area contributed by atoms with Gasteiger partial charge in [-0.1, -0.05) is 48.5 Å². The second kappa shape index (κ2) is 5.23. The predicted molar refractivity (Wildman–Crippen MR) is 73.7 cm³/mol. The molecular weight excluding hydrogens is 222 g/mol. The SMILES string of the molecule is c1ccc(COCC2Cc3ccccc3N2)cc1. The lowest BCUT2D eigenvalue weighted by molar-refractivity contribution is 0.113. The highest BCUT2D eigenvalue weighted by atomic mass is 16.5. The van der Waals surface area contributed by atoms with Gasteiger partial charge in [-0.2, -0.15) is 0 Å². The zero-order valence-corrected chi connectivity index (χ0v) is 10.3. The van der Waals surface area contributed by atoms with E-state index in [-0.39, 0.29) is 0 Å². The van der Waals surface area contributed by atoms with Crippen molar-refractivity contribution in [3.8, 4) is 0 Å². The van der Waals surface area contributed by atoms with Gasteiger partial charge in [0.25, 0.3) is 0 Å². The van der Waals surface area contributed by atoms with Crippen LogP contribution in [0.1, 0.15) is 11.1 Å². The van der Waals surface area contributed by atoms with Crippen LogP contribution in [-0.4, -0.2) is 12.6 Å². The van der Waals surface area contributed by atoms with Gasteiger partial charge in [-0.3, -0.25) is 0 Å². The fraction of sp³-hybridized carbons (Fsp3) is 0.250. The summed E-state index contributed by atoms with van der Waals surface area (Å²) < 4.78 is 5.77. The summed E-state index contributed by atoms with van der Waals surface area (Å²) in [7, 11) is 0. The molecule has 92 valence electrons. The second-order valence-electron chi connectivity index (χ2n) is 4.70. The third-order valence-corrected chi connectivity index (χ3v) is 3.27. The summed E-state index contributed by atoms with van der Waals surface area (Å²) in [6.45, 7) is 1.44. The van der Waals surface area contributed by atoms with Crippen LogP contribution in [0.25, 0.3) is 0 Å². The molecule has 2 aromatic carbocycles. The monoisotopic (exact) mass is 239 g/mol. The van der Waals surface area contributed by atoms with Gasteiger partial charge < -0.3 is 10.1 Å². The van der Waals surface area contributed by atoms with Crippen LogP contribution in [0.5, 0.6) is 0 Å². The first-order valence-corrected chi connectivity index (χ1v) is 6.38. The average Bonchev–Trinajstić information content (AvgIpc) is 2.82. The Bertz CT molecular complexity index is 485. The van der Waals surface area contributed by atoms with Crippen LogP contribution in [0.2, 0.25) is 0 Å². The number of nitrogens with one attached hydrogen (secondary N) is 1. The molecule has 1 N–H and O–H groups in total. The van der Waals surface area contributed by atoms with Crippen molar-refractivity contribution < 1.29 is 4.74 Å². The molecule has 0 spiro atoms. The maximum atomic E-state index is 5.77. The highest BCUT2D eigenvalue weighted by Crippen LogP contribution is 2.25. The Hall–Kier alpha value is -1.80. The van der Waals surface area contributed by atoms with Gasteiger partial charge in [0.05, 0.1) is 19.3 Å². The molecule has 0 saturated heterocycles. The molecule has 1 heterocycles. The molecule has 0 aliphatic carbocycles. The number of anilines is 1. The number of rotatable bonds is 4. The highest BCUT2D eigenvalue weighted by Gasteiger charge is 2.19. The van der Waals surface area contributed by atoms with Crippen molar-refractivity contribution in [3.05, 3.63) is 65.7 Å². The van der Waals surface area contributed by atoms with Gasteiger partial charge in [0.2, 0.25) is 0 Å². The Kier molecular flexibility index (Phi) is 3.29. The van der Waals surface area contributed by atoms with Gasteiger partial charge in [0.1, 0.15) is 0 Å². The van der Waals surface area contributed by atoms with E-state index in [2.05, 4.69) is 41.7 Å². The molecule has 1 aliphatic heterocycles. The smallest absolute Gasteiger partial charge is 0.0717 e. The van der Waals surface area contributed by atoms with Gasteiger partial charge in [-0.15, -0.1) is 0 Å². The van der Waals surface area contributed by atoms with Crippen LogP contribution in [0.4, 0.5) is 5.69 Å². The average molecular weight is 239 g/mol. The molecule has 0 saturated carbocycles. The van der Waals surface area contributed by atoms with Gasteiger partial charge in [0.15, 0.2) is 0 Å². The number of ether oxygens (including phenoxy) is 1. The summed E-state index contributed by atoms with van der Waals surface area (Å²) in [5.41, 5.74) is 3.88. The summed E-state index contributed by atoms with van der Waals surface area (Å²) in [5, 5.41) is 3.50. The van der Waals surface area contributed by atoms with E-state index in [1.807, 2.05) is 18.2 Å².